The van der Waals surface area contributed by atoms with E-state index in [9.17, 15) is 23.1 Å². The van der Waals surface area contributed by atoms with Gasteiger partial charge in [-0.1, -0.05) is 53.5 Å². The van der Waals surface area contributed by atoms with Crippen molar-refractivity contribution in [3.8, 4) is 22.6 Å². The Morgan fingerprint density at radius 2 is 1.62 bits per heavy atom. The first-order chi connectivity index (χ1) is 18.5. The van der Waals surface area contributed by atoms with E-state index in [1.165, 1.54) is 32.4 Å². The lowest BCUT2D eigenvalue weighted by Gasteiger charge is -2.39. The first-order valence-corrected chi connectivity index (χ1v) is 14.1. The molecule has 1 fully saturated rings. The highest BCUT2D eigenvalue weighted by Gasteiger charge is 2.43. The Labute approximate surface area is 236 Å². The smallest absolute Gasteiger partial charge is 0.305 e. The number of amides is 1. The molecule has 206 valence electrons. The van der Waals surface area contributed by atoms with Crippen molar-refractivity contribution in [2.75, 3.05) is 20.8 Å². The van der Waals surface area contributed by atoms with E-state index in [0.29, 0.717) is 22.6 Å². The fourth-order valence-corrected chi connectivity index (χ4v) is 6.80. The highest BCUT2D eigenvalue weighted by molar-refractivity contribution is 7.89. The Morgan fingerprint density at radius 3 is 2.10 bits per heavy atom. The van der Waals surface area contributed by atoms with Crippen LogP contribution in [0.5, 0.6) is 11.5 Å². The summed E-state index contributed by atoms with van der Waals surface area (Å²) in [6.07, 6.45) is -0.190. The average molecular weight is 593 g/mol. The molecular weight excluding hydrogens is 567 g/mol. The molecule has 1 saturated heterocycles. The number of hydrogen-bond donors (Lipinski definition) is 2. The summed E-state index contributed by atoms with van der Waals surface area (Å²) in [6, 6.07) is 14.6. The van der Waals surface area contributed by atoms with Gasteiger partial charge in [0.2, 0.25) is 15.9 Å². The van der Waals surface area contributed by atoms with E-state index in [2.05, 4.69) is 5.32 Å². The largest absolute Gasteiger partial charge is 0.496 e. The molecule has 2 atom stereocenters. The van der Waals surface area contributed by atoms with Gasteiger partial charge in [0, 0.05) is 16.6 Å². The van der Waals surface area contributed by atoms with Crippen molar-refractivity contribution in [2.24, 2.45) is 0 Å². The van der Waals surface area contributed by atoms with Gasteiger partial charge in [-0.2, -0.15) is 4.31 Å². The fraction of sp³-hybridized carbons (Fsp3) is 0.259. The summed E-state index contributed by atoms with van der Waals surface area (Å²) in [6.45, 7) is 0.113. The van der Waals surface area contributed by atoms with Crippen LogP contribution in [0.2, 0.25) is 10.0 Å². The Bertz CT molecular complexity index is 1450. The van der Waals surface area contributed by atoms with Crippen LogP contribution >= 0.6 is 23.2 Å². The molecule has 3 aromatic rings. The molecule has 0 radical (unpaired) electrons. The molecule has 1 aliphatic heterocycles. The summed E-state index contributed by atoms with van der Waals surface area (Å²) in [5.74, 6) is -0.942. The van der Waals surface area contributed by atoms with Gasteiger partial charge in [0.05, 0.1) is 37.1 Å². The lowest BCUT2D eigenvalue weighted by molar-refractivity contribution is -0.138. The van der Waals surface area contributed by atoms with Gasteiger partial charge in [-0.05, 0) is 47.9 Å². The van der Waals surface area contributed by atoms with Gasteiger partial charge < -0.3 is 19.9 Å². The van der Waals surface area contributed by atoms with Crippen molar-refractivity contribution in [1.82, 2.24) is 9.62 Å². The number of methoxy groups -OCH3 is 2. The lowest BCUT2D eigenvalue weighted by atomic mass is 9.96. The van der Waals surface area contributed by atoms with Crippen molar-refractivity contribution in [3.05, 3.63) is 76.3 Å². The molecule has 1 aliphatic rings. The molecule has 0 bridgehead atoms. The summed E-state index contributed by atoms with van der Waals surface area (Å²) in [7, 11) is -1.11. The van der Waals surface area contributed by atoms with E-state index in [-0.39, 0.29) is 27.9 Å². The second-order valence-corrected chi connectivity index (χ2v) is 11.6. The maximum absolute atomic E-state index is 13.3. The summed E-state index contributed by atoms with van der Waals surface area (Å²) < 4.78 is 38.7. The second kappa shape index (κ2) is 11.8. The molecule has 0 saturated carbocycles. The van der Waals surface area contributed by atoms with E-state index in [1.54, 1.807) is 12.1 Å². The molecule has 0 aromatic heterocycles. The van der Waals surface area contributed by atoms with Gasteiger partial charge in [0.25, 0.3) is 0 Å². The number of hydrogen-bond acceptors (Lipinski definition) is 6. The predicted molar refractivity (Wildman–Crippen MR) is 147 cm³/mol. The minimum atomic E-state index is -4.08. The highest BCUT2D eigenvalue weighted by atomic mass is 35.5. The molecule has 9 nitrogen and oxygen atoms in total. The van der Waals surface area contributed by atoms with E-state index in [1.807, 2.05) is 30.3 Å². The molecule has 2 N–H and O–H groups in total. The quantitative estimate of drug-likeness (QED) is 0.347. The van der Waals surface area contributed by atoms with Crippen molar-refractivity contribution < 1.29 is 32.6 Å². The summed E-state index contributed by atoms with van der Waals surface area (Å²) in [5.41, 5.74) is 1.92. The number of sulfonamides is 1. The van der Waals surface area contributed by atoms with Crippen molar-refractivity contribution in [3.63, 3.8) is 0 Å². The normalized spacial score (nSPS) is 16.2. The van der Waals surface area contributed by atoms with E-state index in [4.69, 9.17) is 32.7 Å². The van der Waals surface area contributed by atoms with Gasteiger partial charge >= 0.3 is 5.97 Å². The third kappa shape index (κ3) is 6.14. The predicted octanol–water partition coefficient (Wildman–Crippen LogP) is 4.77. The van der Waals surface area contributed by atoms with Crippen LogP contribution in [0.4, 0.5) is 0 Å². The zero-order valence-corrected chi connectivity index (χ0v) is 23.4. The number of halogens is 2. The Morgan fingerprint density at radius 1 is 1.03 bits per heavy atom. The van der Waals surface area contributed by atoms with E-state index in [0.717, 1.165) is 9.87 Å². The van der Waals surface area contributed by atoms with Crippen molar-refractivity contribution in [2.45, 2.75) is 29.8 Å². The number of carbonyl (C=O) groups excluding carboxylic acids is 1. The molecule has 39 heavy (non-hydrogen) atoms. The zero-order valence-electron chi connectivity index (χ0n) is 21.1. The van der Waals surface area contributed by atoms with Gasteiger partial charge in [0.15, 0.2) is 0 Å². The molecule has 1 heterocycles. The molecular formula is C27H26Cl2N2O7S. The zero-order chi connectivity index (χ0) is 28.3. The first kappa shape index (κ1) is 28.7. The van der Waals surface area contributed by atoms with Crippen LogP contribution in [0, 0.1) is 0 Å². The summed E-state index contributed by atoms with van der Waals surface area (Å²) in [4.78, 5) is 24.9. The highest BCUT2D eigenvalue weighted by Crippen LogP contribution is 2.41. The summed E-state index contributed by atoms with van der Waals surface area (Å²) in [5, 5.41) is 12.6. The maximum Gasteiger partial charge on any atom is 0.305 e. The van der Waals surface area contributed by atoms with Crippen LogP contribution in [0.1, 0.15) is 24.4 Å². The Balaban J connectivity index is 1.64. The molecule has 12 heteroatoms. The number of nitrogens with one attached hydrogen (secondary N) is 1. The first-order valence-electron chi connectivity index (χ1n) is 11.9. The van der Waals surface area contributed by atoms with Crippen molar-refractivity contribution in [1.29, 1.82) is 0 Å². The van der Waals surface area contributed by atoms with Crippen LogP contribution in [0.25, 0.3) is 11.1 Å². The van der Waals surface area contributed by atoms with Crippen LogP contribution in [-0.2, 0) is 19.6 Å². The number of rotatable bonds is 10. The monoisotopic (exact) mass is 592 g/mol. The van der Waals surface area contributed by atoms with Gasteiger partial charge in [-0.3, -0.25) is 9.59 Å². The van der Waals surface area contributed by atoms with Crippen LogP contribution in [0.15, 0.2) is 65.6 Å². The standard InChI is InChI=1S/C27H26Cl2N2O7S/c1-37-23-10-17(11-24(38-2)26(23)16-6-4-3-5-7-16)21(15-25(32)33)30-27(34)22-8-9-31(22)39(35,36)20-13-18(28)12-19(29)14-20/h3-7,10-14,21-22H,8-9,15H2,1-2H3,(H,30,34)(H,32,33)/t21-,22+/m1/s1. The van der Waals surface area contributed by atoms with E-state index >= 15 is 0 Å². The molecule has 1 amide bonds. The fourth-order valence-electron chi connectivity index (χ4n) is 4.44. The molecule has 0 aliphatic carbocycles. The Hall–Kier alpha value is -3.31. The average Bonchev–Trinajstić information content (AvgIpc) is 2.86. The van der Waals surface area contributed by atoms with Gasteiger partial charge in [0.1, 0.15) is 17.5 Å². The molecule has 3 aromatic carbocycles. The number of ether oxygens (including phenoxy) is 2. The number of nitrogens with zero attached hydrogens (tertiary/aromatic N) is 1. The van der Waals surface area contributed by atoms with Crippen LogP contribution in [-0.4, -0.2) is 56.5 Å². The number of carboxylic acid groups (broad SMARTS) is 1. The topological polar surface area (TPSA) is 122 Å². The third-order valence-electron chi connectivity index (χ3n) is 6.40. The Kier molecular flexibility index (Phi) is 8.70. The minimum Gasteiger partial charge on any atom is -0.496 e. The number of benzene rings is 3. The van der Waals surface area contributed by atoms with Gasteiger partial charge in [-0.25, -0.2) is 8.42 Å². The SMILES string of the molecule is COc1cc([C@@H](CC(=O)O)NC(=O)[C@@H]2CCN2S(=O)(=O)c2cc(Cl)cc(Cl)c2)cc(OC)c1-c1ccccc1. The minimum absolute atomic E-state index is 0.113. The van der Waals surface area contributed by atoms with Crippen LogP contribution in [0.3, 0.4) is 0 Å². The number of aliphatic carboxylic acids is 1. The second-order valence-electron chi connectivity index (χ2n) is 8.85. The van der Waals surface area contributed by atoms with Crippen LogP contribution < -0.4 is 14.8 Å². The third-order valence-corrected chi connectivity index (χ3v) is 8.73. The van der Waals surface area contributed by atoms with E-state index < -0.39 is 40.4 Å². The van der Waals surface area contributed by atoms with Gasteiger partial charge in [-0.15, -0.1) is 0 Å². The molecule has 4 rings (SSSR count). The molecule has 0 spiro atoms. The van der Waals surface area contributed by atoms with Crippen molar-refractivity contribution >= 4 is 45.1 Å². The number of carbonyl (C=O) groups is 2. The molecule has 0 unspecified atom stereocenters. The summed E-state index contributed by atoms with van der Waals surface area (Å²) >= 11 is 12.0. The maximum atomic E-state index is 13.3. The number of carboxylic acids is 1. The lowest BCUT2D eigenvalue weighted by Crippen LogP contribution is -2.58.